The molecule has 1 aromatic heterocycles. The van der Waals surface area contributed by atoms with E-state index in [-0.39, 0.29) is 6.10 Å². The van der Waals surface area contributed by atoms with Crippen molar-refractivity contribution in [1.82, 2.24) is 15.3 Å². The van der Waals surface area contributed by atoms with Gasteiger partial charge in [0.05, 0.1) is 13.2 Å². The number of ether oxygens (including phenoxy) is 2. The minimum absolute atomic E-state index is 0.187. The summed E-state index contributed by atoms with van der Waals surface area (Å²) in [6.45, 7) is 5.33. The topological polar surface area (TPSA) is 71.5 Å². The van der Waals surface area contributed by atoms with Gasteiger partial charge in [0.1, 0.15) is 25.2 Å². The Kier molecular flexibility index (Phi) is 5.91. The quantitative estimate of drug-likeness (QED) is 0.619. The molecule has 158 valence electrons. The summed E-state index contributed by atoms with van der Waals surface area (Å²) in [6, 6.07) is 12.1. The van der Waals surface area contributed by atoms with E-state index in [0.717, 1.165) is 74.6 Å². The maximum Gasteiger partial charge on any atom is 0.227 e. The predicted octanol–water partition coefficient (Wildman–Crippen LogP) is 2.13. The van der Waals surface area contributed by atoms with Crippen LogP contribution in [0.1, 0.15) is 12.8 Å². The van der Waals surface area contributed by atoms with E-state index in [1.54, 1.807) is 6.20 Å². The van der Waals surface area contributed by atoms with Crippen LogP contribution < -0.4 is 25.7 Å². The van der Waals surface area contributed by atoms with Crippen LogP contribution in [0.25, 0.3) is 10.9 Å². The lowest BCUT2D eigenvalue weighted by Crippen LogP contribution is -2.36. The molecule has 2 aliphatic rings. The second kappa shape index (κ2) is 9.12. The highest BCUT2D eigenvalue weighted by Gasteiger charge is 2.17. The lowest BCUT2D eigenvalue weighted by atomic mass is 9.92. The summed E-state index contributed by atoms with van der Waals surface area (Å²) in [5, 5.41) is 7.47. The Balaban J connectivity index is 1.36. The molecule has 8 heteroatoms. The van der Waals surface area contributed by atoms with Gasteiger partial charge >= 0.3 is 0 Å². The van der Waals surface area contributed by atoms with Crippen molar-refractivity contribution >= 4 is 41.5 Å². The van der Waals surface area contributed by atoms with Crippen LogP contribution in [0.4, 0.5) is 17.3 Å². The predicted molar refractivity (Wildman–Crippen MR) is 124 cm³/mol. The minimum Gasteiger partial charge on any atom is -0.488 e. The van der Waals surface area contributed by atoms with Crippen molar-refractivity contribution in [3.05, 3.63) is 42.6 Å². The zero-order valence-electron chi connectivity index (χ0n) is 17.5. The van der Waals surface area contributed by atoms with Crippen LogP contribution in [0, 0.1) is 0 Å². The van der Waals surface area contributed by atoms with E-state index < -0.39 is 0 Å². The normalized spacial score (nSPS) is 17.6. The average molecular weight is 415 g/mol. The van der Waals surface area contributed by atoms with Crippen molar-refractivity contribution in [2.24, 2.45) is 0 Å². The van der Waals surface area contributed by atoms with Crippen molar-refractivity contribution in [3.8, 4) is 5.75 Å². The SMILES string of the molecule is [B]c1ccc(OC2CCNCC2)c2nc(Nc3ccc(N4CCOCC4)cc3)ncc12. The average Bonchev–Trinajstić information content (AvgIpc) is 2.83. The van der Waals surface area contributed by atoms with Gasteiger partial charge in [0, 0.05) is 36.0 Å². The van der Waals surface area contributed by atoms with Gasteiger partial charge in [-0.05, 0) is 56.3 Å². The number of morpholine rings is 1. The number of benzene rings is 2. The van der Waals surface area contributed by atoms with Gasteiger partial charge in [-0.3, -0.25) is 0 Å². The van der Waals surface area contributed by atoms with Crippen LogP contribution in [0.5, 0.6) is 5.75 Å². The second-order valence-corrected chi connectivity index (χ2v) is 7.95. The molecule has 0 bridgehead atoms. The number of anilines is 3. The molecule has 0 saturated carbocycles. The summed E-state index contributed by atoms with van der Waals surface area (Å²) in [6.07, 6.45) is 3.92. The zero-order chi connectivity index (χ0) is 21.0. The van der Waals surface area contributed by atoms with Crippen LogP contribution in [0.2, 0.25) is 0 Å². The fourth-order valence-corrected chi connectivity index (χ4v) is 4.07. The Bertz CT molecular complexity index is 1030. The molecule has 3 aromatic rings. The van der Waals surface area contributed by atoms with Crippen molar-refractivity contribution in [3.63, 3.8) is 0 Å². The molecule has 7 nitrogen and oxygen atoms in total. The Hall–Kier alpha value is -2.84. The van der Waals surface area contributed by atoms with Gasteiger partial charge in [-0.15, -0.1) is 0 Å². The van der Waals surface area contributed by atoms with E-state index >= 15 is 0 Å². The minimum atomic E-state index is 0.187. The maximum atomic E-state index is 6.28. The lowest BCUT2D eigenvalue weighted by molar-refractivity contribution is 0.122. The van der Waals surface area contributed by atoms with Crippen molar-refractivity contribution in [2.75, 3.05) is 49.6 Å². The maximum absolute atomic E-state index is 6.28. The molecule has 0 spiro atoms. The first kappa shape index (κ1) is 20.1. The van der Waals surface area contributed by atoms with E-state index in [1.165, 1.54) is 5.69 Å². The molecular weight excluding hydrogens is 389 g/mol. The Morgan fingerprint density at radius 2 is 1.84 bits per heavy atom. The van der Waals surface area contributed by atoms with Gasteiger partial charge in [-0.2, -0.15) is 0 Å². The molecule has 0 atom stereocenters. The fourth-order valence-electron chi connectivity index (χ4n) is 4.07. The lowest BCUT2D eigenvalue weighted by Gasteiger charge is -2.28. The zero-order valence-corrected chi connectivity index (χ0v) is 17.5. The largest absolute Gasteiger partial charge is 0.488 e. The van der Waals surface area contributed by atoms with Gasteiger partial charge in [0.2, 0.25) is 5.95 Å². The summed E-state index contributed by atoms with van der Waals surface area (Å²) in [5.41, 5.74) is 3.51. The highest BCUT2D eigenvalue weighted by atomic mass is 16.5. The Morgan fingerprint density at radius 3 is 2.61 bits per heavy atom. The molecule has 0 aliphatic carbocycles. The van der Waals surface area contributed by atoms with E-state index in [2.05, 4.69) is 32.7 Å². The number of nitrogens with zero attached hydrogens (tertiary/aromatic N) is 3. The summed E-state index contributed by atoms with van der Waals surface area (Å²) < 4.78 is 11.7. The molecule has 2 aromatic carbocycles. The van der Waals surface area contributed by atoms with E-state index in [4.69, 9.17) is 22.3 Å². The van der Waals surface area contributed by atoms with Gasteiger partial charge in [0.25, 0.3) is 0 Å². The first-order valence-electron chi connectivity index (χ1n) is 10.9. The molecule has 2 aliphatic heterocycles. The number of hydrogen-bond acceptors (Lipinski definition) is 7. The second-order valence-electron chi connectivity index (χ2n) is 7.95. The summed E-state index contributed by atoms with van der Waals surface area (Å²) in [5.74, 6) is 1.27. The van der Waals surface area contributed by atoms with Gasteiger partial charge in [-0.25, -0.2) is 9.97 Å². The smallest absolute Gasteiger partial charge is 0.227 e. The molecule has 2 saturated heterocycles. The van der Waals surface area contributed by atoms with Gasteiger partial charge in [0.15, 0.2) is 0 Å². The van der Waals surface area contributed by atoms with Gasteiger partial charge < -0.3 is 25.0 Å². The van der Waals surface area contributed by atoms with E-state index in [0.29, 0.717) is 11.4 Å². The van der Waals surface area contributed by atoms with Crippen molar-refractivity contribution in [1.29, 1.82) is 0 Å². The molecule has 3 heterocycles. The number of fused-ring (bicyclic) bond motifs is 1. The number of hydrogen-bond donors (Lipinski definition) is 2. The molecule has 2 radical (unpaired) electrons. The van der Waals surface area contributed by atoms with Crippen molar-refractivity contribution in [2.45, 2.75) is 18.9 Å². The number of aromatic nitrogens is 2. The first-order valence-corrected chi connectivity index (χ1v) is 10.9. The van der Waals surface area contributed by atoms with Crippen LogP contribution >= 0.6 is 0 Å². The third-order valence-electron chi connectivity index (χ3n) is 5.83. The van der Waals surface area contributed by atoms with Crippen molar-refractivity contribution < 1.29 is 9.47 Å². The highest BCUT2D eigenvalue weighted by Crippen LogP contribution is 2.27. The summed E-state index contributed by atoms with van der Waals surface area (Å²) >= 11 is 0. The molecule has 0 amide bonds. The number of nitrogens with one attached hydrogen (secondary N) is 2. The van der Waals surface area contributed by atoms with Crippen LogP contribution in [0.3, 0.4) is 0 Å². The van der Waals surface area contributed by atoms with E-state index in [9.17, 15) is 0 Å². The van der Waals surface area contributed by atoms with Gasteiger partial charge in [-0.1, -0.05) is 11.5 Å². The molecule has 5 rings (SSSR count). The highest BCUT2D eigenvalue weighted by molar-refractivity contribution is 6.38. The Morgan fingerprint density at radius 1 is 1.06 bits per heavy atom. The third-order valence-corrected chi connectivity index (χ3v) is 5.83. The monoisotopic (exact) mass is 415 g/mol. The Labute approximate surface area is 183 Å². The van der Waals surface area contributed by atoms with Crippen LogP contribution in [-0.2, 0) is 4.74 Å². The summed E-state index contributed by atoms with van der Waals surface area (Å²) in [4.78, 5) is 11.5. The number of piperidine rings is 1. The van der Waals surface area contributed by atoms with Crippen LogP contribution in [0.15, 0.2) is 42.6 Å². The number of rotatable bonds is 5. The molecule has 31 heavy (non-hydrogen) atoms. The third kappa shape index (κ3) is 4.60. The van der Waals surface area contributed by atoms with Crippen LogP contribution in [-0.4, -0.2) is 63.3 Å². The first-order chi connectivity index (χ1) is 15.3. The fraction of sp³-hybridized carbons (Fsp3) is 0.391. The standard InChI is InChI=1S/C23H26BN5O2/c24-20-5-6-21(31-18-7-9-25-10-8-18)22-19(20)15-26-23(28-22)27-16-1-3-17(4-2-16)29-11-13-30-14-12-29/h1-6,15,18,25H,7-14H2,(H,26,27,28). The molecule has 0 unspecified atom stereocenters. The summed E-state index contributed by atoms with van der Waals surface area (Å²) in [7, 11) is 6.17. The molecular formula is C23H26BN5O2. The molecule has 2 fully saturated rings. The van der Waals surface area contributed by atoms with E-state index in [1.807, 2.05) is 24.3 Å². The molecule has 2 N–H and O–H groups in total.